The maximum absolute atomic E-state index is 12.5. The zero-order valence-corrected chi connectivity index (χ0v) is 15.4. The zero-order chi connectivity index (χ0) is 19.1. The van der Waals surface area contributed by atoms with Gasteiger partial charge in [-0.25, -0.2) is 14.3 Å². The molecule has 4 atom stereocenters. The number of fused-ring (bicyclic) bond motifs is 1. The standard InChI is InChI=1S/C16H23N3O7/c1-6-22-13(20)9-11(14(21)23-7-2)19(18-17-9)10-8(3)24-15-12(10)25-16(4,5)26-15/h8,10,12,15H,6-7H2,1-5H3/t8-,10+,12-,15-/m1/s1. The van der Waals surface area contributed by atoms with Gasteiger partial charge in [0.15, 0.2) is 17.8 Å². The summed E-state index contributed by atoms with van der Waals surface area (Å²) in [6, 6.07) is -0.517. The van der Waals surface area contributed by atoms with Crippen LogP contribution in [0.4, 0.5) is 0 Å². The van der Waals surface area contributed by atoms with Crippen molar-refractivity contribution in [1.29, 1.82) is 0 Å². The van der Waals surface area contributed by atoms with E-state index in [1.54, 1.807) is 27.7 Å². The van der Waals surface area contributed by atoms with E-state index in [0.29, 0.717) is 0 Å². The van der Waals surface area contributed by atoms with Gasteiger partial charge in [-0.05, 0) is 34.6 Å². The van der Waals surface area contributed by atoms with Crippen molar-refractivity contribution in [2.75, 3.05) is 13.2 Å². The summed E-state index contributed by atoms with van der Waals surface area (Å²) in [5, 5.41) is 7.87. The van der Waals surface area contributed by atoms with Crippen molar-refractivity contribution in [2.24, 2.45) is 0 Å². The quantitative estimate of drug-likeness (QED) is 0.704. The Morgan fingerprint density at radius 2 is 1.81 bits per heavy atom. The molecule has 3 heterocycles. The molecule has 0 radical (unpaired) electrons. The van der Waals surface area contributed by atoms with E-state index in [4.69, 9.17) is 23.7 Å². The second kappa shape index (κ2) is 6.93. The highest BCUT2D eigenvalue weighted by Crippen LogP contribution is 2.43. The number of carbonyl (C=O) groups excluding carboxylic acids is 2. The van der Waals surface area contributed by atoms with Crippen molar-refractivity contribution in [2.45, 2.75) is 64.9 Å². The first-order valence-corrected chi connectivity index (χ1v) is 8.59. The summed E-state index contributed by atoms with van der Waals surface area (Å²) in [5.74, 6) is -2.29. The van der Waals surface area contributed by atoms with Crippen LogP contribution in [0.5, 0.6) is 0 Å². The lowest BCUT2D eigenvalue weighted by Gasteiger charge is -2.24. The molecular weight excluding hydrogens is 346 g/mol. The van der Waals surface area contributed by atoms with Gasteiger partial charge in [0.25, 0.3) is 0 Å². The molecule has 2 fully saturated rings. The van der Waals surface area contributed by atoms with Crippen LogP contribution in [-0.4, -0.2) is 64.4 Å². The van der Waals surface area contributed by atoms with Crippen LogP contribution in [0.2, 0.25) is 0 Å². The van der Waals surface area contributed by atoms with E-state index in [1.807, 2.05) is 6.92 Å². The average molecular weight is 369 g/mol. The van der Waals surface area contributed by atoms with Gasteiger partial charge in [0.05, 0.1) is 19.3 Å². The Morgan fingerprint density at radius 1 is 1.15 bits per heavy atom. The topological polar surface area (TPSA) is 111 Å². The molecule has 26 heavy (non-hydrogen) atoms. The Hall–Kier alpha value is -2.04. The number of hydrogen-bond acceptors (Lipinski definition) is 9. The Labute approximate surface area is 150 Å². The number of carbonyl (C=O) groups is 2. The molecule has 0 aromatic carbocycles. The van der Waals surface area contributed by atoms with Crippen molar-refractivity contribution in [3.8, 4) is 0 Å². The summed E-state index contributed by atoms with van der Waals surface area (Å²) >= 11 is 0. The van der Waals surface area contributed by atoms with Gasteiger partial charge in [0.1, 0.15) is 12.1 Å². The predicted octanol–water partition coefficient (Wildman–Crippen LogP) is 1.07. The molecule has 0 saturated carbocycles. The van der Waals surface area contributed by atoms with E-state index in [1.165, 1.54) is 4.68 Å². The van der Waals surface area contributed by atoms with Gasteiger partial charge in [-0.15, -0.1) is 5.10 Å². The fourth-order valence-electron chi connectivity index (χ4n) is 3.22. The highest BCUT2D eigenvalue weighted by molar-refractivity contribution is 6.00. The molecule has 144 valence electrons. The Morgan fingerprint density at radius 3 is 2.46 bits per heavy atom. The second-order valence-electron chi connectivity index (χ2n) is 6.47. The summed E-state index contributed by atoms with van der Waals surface area (Å²) in [5.41, 5.74) is -0.279. The summed E-state index contributed by atoms with van der Waals surface area (Å²) in [6.07, 6.45) is -1.49. The minimum absolute atomic E-state index is 0.0836. The fraction of sp³-hybridized carbons (Fsp3) is 0.750. The van der Waals surface area contributed by atoms with E-state index in [-0.39, 0.29) is 30.7 Å². The molecular formula is C16H23N3O7. The number of ether oxygens (including phenoxy) is 5. The van der Waals surface area contributed by atoms with Gasteiger partial charge in [-0.2, -0.15) is 0 Å². The predicted molar refractivity (Wildman–Crippen MR) is 85.3 cm³/mol. The first kappa shape index (κ1) is 18.7. The molecule has 10 heteroatoms. The van der Waals surface area contributed by atoms with E-state index in [2.05, 4.69) is 10.3 Å². The molecule has 3 rings (SSSR count). The smallest absolute Gasteiger partial charge is 0.361 e. The van der Waals surface area contributed by atoms with Crippen molar-refractivity contribution >= 4 is 11.9 Å². The van der Waals surface area contributed by atoms with Crippen LogP contribution in [0.1, 0.15) is 61.6 Å². The normalized spacial score (nSPS) is 29.4. The maximum Gasteiger partial charge on any atom is 0.361 e. The zero-order valence-electron chi connectivity index (χ0n) is 15.4. The molecule has 0 amide bonds. The minimum Gasteiger partial charge on any atom is -0.461 e. The van der Waals surface area contributed by atoms with Gasteiger partial charge < -0.3 is 23.7 Å². The van der Waals surface area contributed by atoms with Crippen LogP contribution in [0, 0.1) is 0 Å². The highest BCUT2D eigenvalue weighted by Gasteiger charge is 2.55. The van der Waals surface area contributed by atoms with Crippen LogP contribution in [0.15, 0.2) is 0 Å². The molecule has 0 spiro atoms. The number of esters is 2. The van der Waals surface area contributed by atoms with Gasteiger partial charge in [0, 0.05) is 0 Å². The number of rotatable bonds is 5. The summed E-state index contributed by atoms with van der Waals surface area (Å²) < 4.78 is 28.8. The van der Waals surface area contributed by atoms with Gasteiger partial charge in [0.2, 0.25) is 5.69 Å². The lowest BCUT2D eigenvalue weighted by molar-refractivity contribution is -0.207. The monoisotopic (exact) mass is 369 g/mol. The molecule has 10 nitrogen and oxygen atoms in total. The molecule has 0 aliphatic carbocycles. The Bertz CT molecular complexity index is 702. The van der Waals surface area contributed by atoms with Crippen LogP contribution in [-0.2, 0) is 23.7 Å². The van der Waals surface area contributed by atoms with Crippen LogP contribution < -0.4 is 0 Å². The van der Waals surface area contributed by atoms with Gasteiger partial charge >= 0.3 is 11.9 Å². The minimum atomic E-state index is -0.831. The fourth-order valence-corrected chi connectivity index (χ4v) is 3.22. The third kappa shape index (κ3) is 3.19. The summed E-state index contributed by atoms with van der Waals surface area (Å²) in [6.45, 7) is 8.97. The lowest BCUT2D eigenvalue weighted by Crippen LogP contribution is -2.34. The molecule has 0 unspecified atom stereocenters. The van der Waals surface area contributed by atoms with E-state index in [9.17, 15) is 9.59 Å². The average Bonchev–Trinajstić information content (AvgIpc) is 3.17. The highest BCUT2D eigenvalue weighted by atomic mass is 16.8. The van der Waals surface area contributed by atoms with E-state index in [0.717, 1.165) is 0 Å². The number of hydrogen-bond donors (Lipinski definition) is 0. The largest absolute Gasteiger partial charge is 0.461 e. The van der Waals surface area contributed by atoms with Crippen molar-refractivity contribution < 1.29 is 33.3 Å². The van der Waals surface area contributed by atoms with Crippen LogP contribution >= 0.6 is 0 Å². The van der Waals surface area contributed by atoms with Gasteiger partial charge in [-0.1, -0.05) is 5.21 Å². The van der Waals surface area contributed by atoms with Crippen molar-refractivity contribution in [3.05, 3.63) is 11.4 Å². The molecule has 0 N–H and O–H groups in total. The lowest BCUT2D eigenvalue weighted by atomic mass is 10.1. The Balaban J connectivity index is 2.01. The molecule has 2 aliphatic heterocycles. The molecule has 1 aromatic rings. The van der Waals surface area contributed by atoms with Crippen molar-refractivity contribution in [1.82, 2.24) is 15.0 Å². The van der Waals surface area contributed by atoms with Crippen LogP contribution in [0.3, 0.4) is 0 Å². The third-order valence-corrected chi connectivity index (χ3v) is 4.17. The second-order valence-corrected chi connectivity index (χ2v) is 6.47. The third-order valence-electron chi connectivity index (χ3n) is 4.17. The molecule has 1 aromatic heterocycles. The maximum atomic E-state index is 12.5. The van der Waals surface area contributed by atoms with E-state index >= 15 is 0 Å². The molecule has 2 aliphatic rings. The SMILES string of the molecule is CCOC(=O)c1nnn([C@@H]2[C@H]3OC(C)(C)O[C@H]3O[C@@H]2C)c1C(=O)OCC. The number of aromatic nitrogens is 3. The van der Waals surface area contributed by atoms with Gasteiger partial charge in [-0.3, -0.25) is 0 Å². The van der Waals surface area contributed by atoms with E-state index < -0.39 is 36.2 Å². The number of nitrogens with zero attached hydrogens (tertiary/aromatic N) is 3. The summed E-state index contributed by atoms with van der Waals surface area (Å²) in [7, 11) is 0. The first-order valence-electron chi connectivity index (χ1n) is 8.59. The van der Waals surface area contributed by atoms with Crippen LogP contribution in [0.25, 0.3) is 0 Å². The first-order chi connectivity index (χ1) is 12.3. The molecule has 0 bridgehead atoms. The molecule has 2 saturated heterocycles. The van der Waals surface area contributed by atoms with Crippen molar-refractivity contribution in [3.63, 3.8) is 0 Å². The Kier molecular flexibility index (Phi) is 5.00. The summed E-state index contributed by atoms with van der Waals surface area (Å²) in [4.78, 5) is 24.7.